The zero-order chi connectivity index (χ0) is 13.7. The van der Waals surface area contributed by atoms with Crippen LogP contribution >= 0.6 is 0 Å². The van der Waals surface area contributed by atoms with Gasteiger partial charge in [-0.1, -0.05) is 11.6 Å². The number of carbonyl (C=O) groups excluding carboxylic acids is 1. The molecule has 2 bridgehead atoms. The summed E-state index contributed by atoms with van der Waals surface area (Å²) in [7, 11) is 0. The second-order valence-electron chi connectivity index (χ2n) is 6.39. The lowest BCUT2D eigenvalue weighted by molar-refractivity contribution is 0.0508. The second-order valence-corrected chi connectivity index (χ2v) is 6.39. The summed E-state index contributed by atoms with van der Waals surface area (Å²) >= 11 is 0. The van der Waals surface area contributed by atoms with Gasteiger partial charge in [0.05, 0.1) is 6.61 Å². The first-order valence-electron chi connectivity index (χ1n) is 6.48. The molecule has 4 rings (SSSR count). The highest BCUT2D eigenvalue weighted by molar-refractivity contribution is 5.69. The Morgan fingerprint density at radius 3 is 2.68 bits per heavy atom. The van der Waals surface area contributed by atoms with Gasteiger partial charge in [-0.05, 0) is 33.6 Å². The van der Waals surface area contributed by atoms with Gasteiger partial charge in [0.2, 0.25) is 5.88 Å². The maximum absolute atomic E-state index is 11.8. The normalized spacial score (nSPS) is 19.0. The zero-order valence-corrected chi connectivity index (χ0v) is 11.5. The van der Waals surface area contributed by atoms with E-state index in [1.54, 1.807) is 12.3 Å². The number of hydrogen-bond acceptors (Lipinski definition) is 4. The Labute approximate surface area is 112 Å². The lowest BCUT2D eigenvalue weighted by Gasteiger charge is -2.51. The number of nitrogens with zero attached hydrogens (tertiary/aromatic N) is 2. The maximum atomic E-state index is 11.8. The standard InChI is InChI=1S/C14H18N2O3/c1-13(2,3)19-12(17)16-5-4-11(15-16)18-9-14-6-10(7-14)8-14/h4-6H,7-9H2,1-3H3. The molecule has 1 fully saturated rings. The van der Waals surface area contributed by atoms with Crippen molar-refractivity contribution in [3.63, 3.8) is 0 Å². The van der Waals surface area contributed by atoms with E-state index in [9.17, 15) is 4.79 Å². The number of carbonyl (C=O) groups is 1. The van der Waals surface area contributed by atoms with Crippen LogP contribution in [0.15, 0.2) is 23.9 Å². The molecule has 0 N–H and O–H groups in total. The molecule has 3 aliphatic rings. The van der Waals surface area contributed by atoms with Crippen LogP contribution in [0, 0.1) is 5.41 Å². The first-order chi connectivity index (χ1) is 8.85. The molecule has 1 heterocycles. The van der Waals surface area contributed by atoms with E-state index in [1.165, 1.54) is 10.3 Å². The van der Waals surface area contributed by atoms with E-state index < -0.39 is 11.7 Å². The molecule has 19 heavy (non-hydrogen) atoms. The SMILES string of the molecule is CC(C)(C)OC(=O)n1ccc(OCC23C=C(C2)C3)n1. The molecule has 0 saturated heterocycles. The molecule has 3 aliphatic carbocycles. The minimum absolute atomic E-state index is 0.255. The summed E-state index contributed by atoms with van der Waals surface area (Å²) in [6, 6.07) is 1.68. The van der Waals surface area contributed by atoms with Crippen molar-refractivity contribution in [2.75, 3.05) is 6.61 Å². The monoisotopic (exact) mass is 262 g/mol. The van der Waals surface area contributed by atoms with E-state index >= 15 is 0 Å². The van der Waals surface area contributed by atoms with Crippen LogP contribution in [0.2, 0.25) is 0 Å². The number of allylic oxidation sites excluding steroid dienone is 1. The van der Waals surface area contributed by atoms with Crippen LogP contribution in [-0.4, -0.2) is 28.1 Å². The van der Waals surface area contributed by atoms with Crippen molar-refractivity contribution in [2.45, 2.75) is 39.2 Å². The fourth-order valence-electron chi connectivity index (χ4n) is 2.38. The number of rotatable bonds is 3. The largest absolute Gasteiger partial charge is 0.476 e. The topological polar surface area (TPSA) is 53.4 Å². The average molecular weight is 262 g/mol. The van der Waals surface area contributed by atoms with Crippen molar-refractivity contribution in [2.24, 2.45) is 5.41 Å². The van der Waals surface area contributed by atoms with Crippen molar-refractivity contribution < 1.29 is 14.3 Å². The molecule has 0 aromatic carbocycles. The molecule has 5 nitrogen and oxygen atoms in total. The molecule has 0 aliphatic heterocycles. The highest BCUT2D eigenvalue weighted by Crippen LogP contribution is 2.57. The minimum atomic E-state index is -0.526. The van der Waals surface area contributed by atoms with Gasteiger partial charge in [0, 0.05) is 17.7 Å². The van der Waals surface area contributed by atoms with Gasteiger partial charge in [-0.3, -0.25) is 0 Å². The van der Waals surface area contributed by atoms with Gasteiger partial charge in [-0.25, -0.2) is 4.79 Å². The van der Waals surface area contributed by atoms with Crippen LogP contribution in [-0.2, 0) is 4.74 Å². The predicted molar refractivity (Wildman–Crippen MR) is 69.1 cm³/mol. The summed E-state index contributed by atoms with van der Waals surface area (Å²) < 4.78 is 12.0. The lowest BCUT2D eigenvalue weighted by Crippen LogP contribution is -2.44. The first kappa shape index (κ1) is 12.3. The van der Waals surface area contributed by atoms with Gasteiger partial charge in [0.1, 0.15) is 5.60 Å². The lowest BCUT2D eigenvalue weighted by atomic mass is 9.54. The van der Waals surface area contributed by atoms with Gasteiger partial charge in [0.25, 0.3) is 0 Å². The second kappa shape index (κ2) is 3.85. The summed E-state index contributed by atoms with van der Waals surface area (Å²) in [6.45, 7) is 6.11. The van der Waals surface area contributed by atoms with E-state index in [0.717, 1.165) is 12.8 Å². The average Bonchev–Trinajstić information content (AvgIpc) is 2.59. The summed E-state index contributed by atoms with van der Waals surface area (Å²) in [4.78, 5) is 11.8. The molecule has 102 valence electrons. The van der Waals surface area contributed by atoms with E-state index in [-0.39, 0.29) is 5.41 Å². The van der Waals surface area contributed by atoms with Crippen molar-refractivity contribution in [1.29, 1.82) is 0 Å². The van der Waals surface area contributed by atoms with Crippen LogP contribution in [0.1, 0.15) is 33.6 Å². The Balaban J connectivity index is 1.56. The number of ether oxygens (including phenoxy) is 2. The Hall–Kier alpha value is -1.78. The van der Waals surface area contributed by atoms with Crippen LogP contribution < -0.4 is 4.74 Å². The highest BCUT2D eigenvalue weighted by atomic mass is 16.6. The fraction of sp³-hybridized carbons (Fsp3) is 0.571. The summed E-state index contributed by atoms with van der Waals surface area (Å²) in [6.07, 6.45) is 5.64. The van der Waals surface area contributed by atoms with Gasteiger partial charge in [-0.2, -0.15) is 4.68 Å². The van der Waals surface area contributed by atoms with Gasteiger partial charge in [-0.15, -0.1) is 5.10 Å². The Morgan fingerprint density at radius 1 is 1.47 bits per heavy atom. The Kier molecular flexibility index (Phi) is 2.49. The molecule has 1 aromatic heterocycles. The highest BCUT2D eigenvalue weighted by Gasteiger charge is 2.48. The van der Waals surface area contributed by atoms with E-state index in [2.05, 4.69) is 11.2 Å². The molecule has 0 atom stereocenters. The predicted octanol–water partition coefficient (Wildman–Crippen LogP) is 2.77. The third kappa shape index (κ3) is 2.37. The molecular formula is C14H18N2O3. The smallest absolute Gasteiger partial charge is 0.435 e. The molecule has 0 unspecified atom stereocenters. The van der Waals surface area contributed by atoms with Crippen molar-refractivity contribution in [3.05, 3.63) is 23.9 Å². The maximum Gasteiger partial charge on any atom is 0.435 e. The molecule has 1 saturated carbocycles. The third-order valence-electron chi connectivity index (χ3n) is 3.32. The molecule has 1 aromatic rings. The van der Waals surface area contributed by atoms with E-state index in [0.29, 0.717) is 12.5 Å². The van der Waals surface area contributed by atoms with Gasteiger partial charge < -0.3 is 9.47 Å². The number of aromatic nitrogens is 2. The summed E-state index contributed by atoms with van der Waals surface area (Å²) in [5.41, 5.74) is 1.26. The minimum Gasteiger partial charge on any atom is -0.476 e. The van der Waals surface area contributed by atoms with Crippen LogP contribution in [0.25, 0.3) is 0 Å². The van der Waals surface area contributed by atoms with E-state index in [1.807, 2.05) is 20.8 Å². The van der Waals surface area contributed by atoms with Gasteiger partial charge in [0.15, 0.2) is 0 Å². The molecule has 0 spiro atoms. The molecule has 5 heteroatoms. The summed E-state index contributed by atoms with van der Waals surface area (Å²) in [5.74, 6) is 0.467. The third-order valence-corrected chi connectivity index (χ3v) is 3.32. The molecule has 0 amide bonds. The Bertz CT molecular complexity index is 543. The van der Waals surface area contributed by atoms with Crippen LogP contribution in [0.3, 0.4) is 0 Å². The quantitative estimate of drug-likeness (QED) is 0.786. The Morgan fingerprint density at radius 2 is 2.16 bits per heavy atom. The summed E-state index contributed by atoms with van der Waals surface area (Å²) in [5, 5.41) is 4.07. The van der Waals surface area contributed by atoms with E-state index in [4.69, 9.17) is 9.47 Å². The number of hydrogen-bond donors (Lipinski definition) is 0. The first-order valence-corrected chi connectivity index (χ1v) is 6.48. The van der Waals surface area contributed by atoms with Crippen LogP contribution in [0.4, 0.5) is 4.79 Å². The van der Waals surface area contributed by atoms with Crippen molar-refractivity contribution in [3.8, 4) is 5.88 Å². The zero-order valence-electron chi connectivity index (χ0n) is 11.5. The van der Waals surface area contributed by atoms with Crippen molar-refractivity contribution >= 4 is 6.09 Å². The van der Waals surface area contributed by atoms with Crippen molar-refractivity contribution in [1.82, 2.24) is 9.78 Å². The molecular weight excluding hydrogens is 244 g/mol. The molecule has 0 radical (unpaired) electrons. The van der Waals surface area contributed by atoms with Crippen LogP contribution in [0.5, 0.6) is 5.88 Å². The van der Waals surface area contributed by atoms with Gasteiger partial charge >= 0.3 is 6.09 Å². The fourth-order valence-corrected chi connectivity index (χ4v) is 2.38.